The summed E-state index contributed by atoms with van der Waals surface area (Å²) in [6.07, 6.45) is -0.283. The first-order chi connectivity index (χ1) is 55.9. The largest absolute Gasteiger partial charge is 0.462 e. The Hall–Kier alpha value is 8.45. The predicted molar refractivity (Wildman–Crippen MR) is 467 cm³/mol. The summed E-state index contributed by atoms with van der Waals surface area (Å²) in [6.45, 7) is -65.7. The number of hydrogen-bond donors (Lipinski definition) is 32. The number of esters is 1. The molecule has 0 aliphatic rings. The van der Waals surface area contributed by atoms with Gasteiger partial charge in [-0.1, -0.05) is 6.58 Å². The number of ether oxygens (including phenoxy) is 1. The van der Waals surface area contributed by atoms with Gasteiger partial charge in [0.1, 0.15) is 0 Å². The van der Waals surface area contributed by atoms with E-state index in [4.69, 9.17) is 83.2 Å². The monoisotopic (exact) mass is 2540 g/mol. The third-order valence-corrected chi connectivity index (χ3v) is 417. The predicted octanol–water partition coefficient (Wildman–Crippen LogP) is -33.8. The number of hydrogen-bond acceptors (Lipinski definition) is 53. The van der Waals surface area contributed by atoms with E-state index in [1.165, 1.54) is 20.0 Å². The van der Waals surface area contributed by atoms with E-state index in [0.717, 1.165) is 19.6 Å². The van der Waals surface area contributed by atoms with Crippen LogP contribution in [0.5, 0.6) is 0 Å². The van der Waals surface area contributed by atoms with E-state index in [2.05, 4.69) is 16.3 Å². The quantitative estimate of drug-likeness (QED) is 0.0116. The van der Waals surface area contributed by atoms with Gasteiger partial charge in [-0.15, -0.1) is 0 Å². The fourth-order valence-corrected chi connectivity index (χ4v) is 742. The van der Waals surface area contributed by atoms with Crippen LogP contribution in [0, 0.1) is 0 Å². The van der Waals surface area contributed by atoms with Crippen LogP contribution in [0.4, 0.5) is 0 Å². The summed E-state index contributed by atoms with van der Waals surface area (Å²) in [7, 11) is -139. The van der Waals surface area contributed by atoms with Crippen molar-refractivity contribution in [1.82, 2.24) is 0 Å². The molecule has 4 atom stereocenters. The fraction of sp³-hybridized carbons (Fsp3) is 0.786. The topological polar surface area (TPSA) is 849 Å². The van der Waals surface area contributed by atoms with Crippen LogP contribution in [0.15, 0.2) is 12.2 Å². The molecule has 0 aromatic carbocycles. The highest BCUT2D eigenvalue weighted by Gasteiger charge is 3.06. The van der Waals surface area contributed by atoms with Crippen LogP contribution in [0.25, 0.3) is 0 Å². The molecule has 0 rings (SSSR count). The molecule has 66 radical (unpaired) electrons. The minimum absolute atomic E-state index is 0.111. The van der Waals surface area contributed by atoms with Crippen molar-refractivity contribution in [2.75, 3.05) is 13.7 Å². The van der Waals surface area contributed by atoms with Crippen molar-refractivity contribution in [2.45, 2.75) is 58.7 Å². The maximum absolute atomic E-state index is 15.0. The normalized spacial score (nSPS) is 16.3. The molecule has 32 N–H and O–H groups in total. The van der Waals surface area contributed by atoms with Gasteiger partial charge >= 0.3 is 170 Å². The van der Waals surface area contributed by atoms with Gasteiger partial charge in [0.15, 0.2) is 15.7 Å². The summed E-state index contributed by atoms with van der Waals surface area (Å²) >= 11 is 0. The second kappa shape index (κ2) is 57.9. The van der Waals surface area contributed by atoms with Crippen molar-refractivity contribution in [1.29, 1.82) is 0 Å². The van der Waals surface area contributed by atoms with Gasteiger partial charge in [-0.3, -0.25) is 0 Å². The van der Waals surface area contributed by atoms with Crippen molar-refractivity contribution in [3.05, 3.63) is 12.2 Å². The lowest BCUT2D eigenvalue weighted by Gasteiger charge is -2.75. The van der Waals surface area contributed by atoms with E-state index in [1.54, 1.807) is 0 Å². The Morgan fingerprint density at radius 2 is 0.597 bits per heavy atom. The first-order valence-electron chi connectivity index (χ1n) is 29.5. The molecule has 0 aromatic heterocycles. The standard InChI is InChI=1S/C14H64O53Si52/c1-13(2)14(15)49-11-10-12-101(5,6)61-102(7,8)62-109(117(112(92-39,93-40)56-75-22,113(94-41,95-42)57-76-23)64-105(82-29,83-30)51-70-17,67-108(110(88-35,89-36)54-73-20,111(90-37,91-38)55-74-21)63-104(80-27,81-28)50-69-16)118(65-106(84-31,85-32)52-71-18,116(60-79-26,100(4)47)103(9,68)48-3)119(114(96-43,97-44)58-77-24,115(98-45,99-46)59-78-25)66-107(86-33,87-34)53-72-19/h16-47H,1,10-12H2,2-9H3. The van der Waals surface area contributed by atoms with Crippen LogP contribution in [-0.2, 0) is 88.0 Å². The Kier molecular flexibility index (Phi) is 62.0. The minimum Gasteiger partial charge on any atom is -0.462 e. The lowest BCUT2D eigenvalue weighted by molar-refractivity contribution is -0.139. The molecule has 0 saturated carbocycles. The van der Waals surface area contributed by atoms with Gasteiger partial charge in [-0.05, 0) is 58.7 Å². The third kappa shape index (κ3) is 26.0. The summed E-state index contributed by atoms with van der Waals surface area (Å²) in [5.74, 6) is -0.944. The SMILES string of the molecule is C=C(C)C(=O)OCCC[Si](C)(C)O[Si](C)(C)O[Si](O[Si](O[Si](O[Si]O)([Si]O)[Si]O)([Si](O[Si]O)([Si]O)[Si]O)[Si](O[Si]O)([Si]O)[Si]O)([Si](O[Si](O[Si]O)([Si]O)[Si]O)([Si](O[Si]O)([Si]O)[Si]O)[Si](O[Si]O)([Si]O)[Si]O)[Si](O[Si](O[Si]O)([Si]O)[Si]O)([Si](O[Si]O)([Si](C)O)[Si](C)([Si])OC)[Si](O[Si](O[Si]O)([Si]O)[Si]O)([Si](O[Si]O)([Si]O)[Si]O)[Si](O[Si]O)([Si]O)[Si]O. The van der Waals surface area contributed by atoms with Gasteiger partial charge < -0.3 is 237 Å². The van der Waals surface area contributed by atoms with Crippen LogP contribution >= 0.6 is 0 Å². The number of carbonyl (C=O) groups is 1. The highest BCUT2D eigenvalue weighted by molar-refractivity contribution is 8.31. The van der Waals surface area contributed by atoms with Crippen LogP contribution < -0.4 is 0 Å². The molecule has 0 saturated heterocycles. The molecule has 0 heterocycles. The van der Waals surface area contributed by atoms with E-state index < -0.39 is 455 Å². The molecule has 0 bridgehead atoms. The number of carbonyl (C=O) groups excluding carboxylic acids is 1. The second-order valence-corrected chi connectivity index (χ2v) is 239. The van der Waals surface area contributed by atoms with E-state index in [1.807, 2.05) is 0 Å². The molecule has 0 aliphatic heterocycles. The molecule has 0 spiro atoms. The van der Waals surface area contributed by atoms with E-state index in [9.17, 15) is 158 Å². The Morgan fingerprint density at radius 3 is 0.849 bits per heavy atom. The zero-order valence-electron chi connectivity index (χ0n) is 60.7. The zero-order chi connectivity index (χ0) is 92.4. The van der Waals surface area contributed by atoms with Crippen LogP contribution in [0.1, 0.15) is 13.3 Å². The minimum atomic E-state index is -9.31. The Balaban J connectivity index is 16.7. The molecule has 53 nitrogen and oxygen atoms in total. The molecule has 0 amide bonds. The lowest BCUT2D eigenvalue weighted by atomic mass is 10.4. The van der Waals surface area contributed by atoms with Gasteiger partial charge in [-0.2, -0.15) is 0 Å². The summed E-state index contributed by atoms with van der Waals surface area (Å²) < 4.78 is 139. The highest BCUT2D eigenvalue weighted by atomic mass is 30.5. The Labute approximate surface area is 775 Å². The molecular formula is C14H64O53Si52. The van der Waals surface area contributed by atoms with Gasteiger partial charge in [0.25, 0.3) is 102 Å². The second-order valence-electron chi connectivity index (χ2n) is 22.6. The number of rotatable bonds is 74. The van der Waals surface area contributed by atoms with Crippen LogP contribution in [0.3, 0.4) is 0 Å². The van der Waals surface area contributed by atoms with Crippen molar-refractivity contribution < 1.29 is 241 Å². The fourth-order valence-electron chi connectivity index (χ4n) is 11.2. The first kappa shape index (κ1) is 127. The molecular weight excluding hydrogens is 2480 g/mol. The summed E-state index contributed by atoms with van der Waals surface area (Å²) in [5, 5.41) is 0. The smallest absolute Gasteiger partial charge is 0.420 e. The maximum atomic E-state index is 15.0. The molecule has 0 aliphatic carbocycles. The van der Waals surface area contributed by atoms with Crippen LogP contribution in [-0.4, -0.2) is 626 Å². The Morgan fingerprint density at radius 1 is 0.336 bits per heavy atom. The lowest BCUT2D eigenvalue weighted by Crippen LogP contribution is -3.19. The van der Waals surface area contributed by atoms with E-state index in [-0.39, 0.29) is 18.0 Å². The average Bonchev–Trinajstić information content (AvgIpc) is 0.620. The van der Waals surface area contributed by atoms with Crippen LogP contribution in [0.2, 0.25) is 45.3 Å². The molecule has 0 fully saturated rings. The third-order valence-electron chi connectivity index (χ3n) is 15.5. The summed E-state index contributed by atoms with van der Waals surface area (Å²) in [5.41, 5.74) is -0.111. The first-order valence-corrected chi connectivity index (χ1v) is 132. The van der Waals surface area contributed by atoms with Gasteiger partial charge in [-0.25, -0.2) is 4.79 Å². The molecule has 119 heavy (non-hydrogen) atoms. The van der Waals surface area contributed by atoms with Crippen molar-refractivity contribution in [3.63, 3.8) is 0 Å². The highest BCUT2D eigenvalue weighted by Crippen LogP contribution is 2.59. The zero-order valence-corrected chi connectivity index (χ0v) is 113. The van der Waals surface area contributed by atoms with Gasteiger partial charge in [0, 0.05) is 22.4 Å². The molecule has 4 unspecified atom stereocenters. The summed E-state index contributed by atoms with van der Waals surface area (Å²) in [6, 6.07) is -0.363. The molecule has 646 valence electrons. The Bertz CT molecular complexity index is 2760. The van der Waals surface area contributed by atoms with Crippen molar-refractivity contribution in [2.24, 2.45) is 0 Å². The van der Waals surface area contributed by atoms with Gasteiger partial charge in [0.2, 0.25) is 161 Å². The van der Waals surface area contributed by atoms with Crippen molar-refractivity contribution in [3.8, 4) is 0 Å². The van der Waals surface area contributed by atoms with E-state index >= 15 is 0 Å². The van der Waals surface area contributed by atoms with Gasteiger partial charge in [0.05, 0.1) is 6.61 Å². The maximum Gasteiger partial charge on any atom is 0.420 e. The summed E-state index contributed by atoms with van der Waals surface area (Å²) in [4.78, 5) is 423. The van der Waals surface area contributed by atoms with E-state index in [0.29, 0.717) is 13.7 Å². The molecule has 105 heteroatoms. The van der Waals surface area contributed by atoms with Crippen molar-refractivity contribution >= 4 is 458 Å². The molecule has 0 aromatic rings. The average molecular weight is 2540 g/mol.